The third-order valence-corrected chi connectivity index (χ3v) is 6.36. The summed E-state index contributed by atoms with van der Waals surface area (Å²) in [6.07, 6.45) is 4.85. The second-order valence-electron chi connectivity index (χ2n) is 6.77. The van der Waals surface area contributed by atoms with Gasteiger partial charge < -0.3 is 9.42 Å². The van der Waals surface area contributed by atoms with Crippen LogP contribution in [0.1, 0.15) is 16.1 Å². The maximum absolute atomic E-state index is 12.7. The summed E-state index contributed by atoms with van der Waals surface area (Å²) in [5.74, 6) is 0.171. The van der Waals surface area contributed by atoms with Gasteiger partial charge in [-0.05, 0) is 23.8 Å². The van der Waals surface area contributed by atoms with E-state index in [-0.39, 0.29) is 37.8 Å². The average Bonchev–Trinajstić information content (AvgIpc) is 3.29. The Morgan fingerprint density at radius 2 is 1.80 bits per heavy atom. The molecule has 1 fully saturated rings. The first-order valence-electron chi connectivity index (χ1n) is 9.43. The Morgan fingerprint density at radius 1 is 1.03 bits per heavy atom. The number of carbonyl (C=O) groups is 1. The van der Waals surface area contributed by atoms with E-state index in [1.165, 1.54) is 9.71 Å². The van der Waals surface area contributed by atoms with E-state index in [1.54, 1.807) is 35.5 Å². The zero-order valence-corrected chi connectivity index (χ0v) is 16.9. The van der Waals surface area contributed by atoms with Gasteiger partial charge in [0.25, 0.3) is 5.91 Å². The first-order valence-corrected chi connectivity index (χ1v) is 10.9. The molecule has 0 unspecified atom stereocenters. The molecule has 1 aliphatic heterocycles. The predicted octanol–water partition coefficient (Wildman–Crippen LogP) is 2.50. The topological polar surface area (TPSA) is 96.6 Å². The molecular formula is C21H20N4O4S. The Morgan fingerprint density at radius 3 is 2.50 bits per heavy atom. The highest BCUT2D eigenvalue weighted by molar-refractivity contribution is 7.92. The molecule has 3 aromatic rings. The molecule has 0 aliphatic carbocycles. The lowest BCUT2D eigenvalue weighted by molar-refractivity contribution is 0.0688. The monoisotopic (exact) mass is 424 g/mol. The lowest BCUT2D eigenvalue weighted by Gasteiger charge is -2.32. The number of nitrogens with zero attached hydrogens (tertiary/aromatic N) is 4. The van der Waals surface area contributed by atoms with Gasteiger partial charge in [-0.3, -0.25) is 9.78 Å². The van der Waals surface area contributed by atoms with Crippen LogP contribution < -0.4 is 0 Å². The van der Waals surface area contributed by atoms with Crippen molar-refractivity contribution >= 4 is 22.0 Å². The van der Waals surface area contributed by atoms with Crippen LogP contribution in [0, 0.1) is 0 Å². The fraction of sp³-hybridized carbons (Fsp3) is 0.190. The van der Waals surface area contributed by atoms with Crippen molar-refractivity contribution in [2.45, 2.75) is 0 Å². The Bertz CT molecular complexity index is 1140. The van der Waals surface area contributed by atoms with Crippen LogP contribution in [-0.4, -0.2) is 59.8 Å². The number of aromatic nitrogens is 2. The number of piperazine rings is 1. The number of amides is 1. The lowest BCUT2D eigenvalue weighted by atomic mass is 10.2. The highest BCUT2D eigenvalue weighted by Gasteiger charge is 2.29. The Hall–Kier alpha value is -3.30. The largest absolute Gasteiger partial charge is 0.355 e. The average molecular weight is 424 g/mol. The van der Waals surface area contributed by atoms with Crippen LogP contribution in [0.15, 0.2) is 70.9 Å². The van der Waals surface area contributed by atoms with E-state index in [2.05, 4.69) is 10.1 Å². The summed E-state index contributed by atoms with van der Waals surface area (Å²) in [4.78, 5) is 18.3. The summed E-state index contributed by atoms with van der Waals surface area (Å²) >= 11 is 0. The molecule has 1 aliphatic rings. The van der Waals surface area contributed by atoms with Crippen LogP contribution in [-0.2, 0) is 10.0 Å². The van der Waals surface area contributed by atoms with Crippen molar-refractivity contribution in [3.05, 3.63) is 77.6 Å². The van der Waals surface area contributed by atoms with E-state index in [0.29, 0.717) is 5.76 Å². The molecule has 8 nitrogen and oxygen atoms in total. The summed E-state index contributed by atoms with van der Waals surface area (Å²) < 4.78 is 31.8. The molecule has 154 valence electrons. The maximum atomic E-state index is 12.7. The molecule has 1 saturated heterocycles. The molecule has 0 N–H and O–H groups in total. The van der Waals surface area contributed by atoms with Crippen molar-refractivity contribution < 1.29 is 17.7 Å². The molecular weight excluding hydrogens is 404 g/mol. The quantitative estimate of drug-likeness (QED) is 0.624. The van der Waals surface area contributed by atoms with Crippen molar-refractivity contribution in [2.24, 2.45) is 0 Å². The van der Waals surface area contributed by atoms with E-state index < -0.39 is 10.0 Å². The number of carbonyl (C=O) groups excluding carboxylic acids is 1. The molecule has 1 aromatic carbocycles. The van der Waals surface area contributed by atoms with E-state index in [0.717, 1.165) is 11.1 Å². The summed E-state index contributed by atoms with van der Waals surface area (Å²) in [6, 6.07) is 14.4. The number of rotatable bonds is 5. The Kier molecular flexibility index (Phi) is 5.73. The van der Waals surface area contributed by atoms with Gasteiger partial charge in [-0.2, -0.15) is 4.31 Å². The van der Waals surface area contributed by atoms with Gasteiger partial charge in [-0.25, -0.2) is 8.42 Å². The maximum Gasteiger partial charge on any atom is 0.276 e. The number of hydrogen-bond acceptors (Lipinski definition) is 6. The fourth-order valence-electron chi connectivity index (χ4n) is 3.14. The summed E-state index contributed by atoms with van der Waals surface area (Å²) in [5, 5.41) is 5.07. The molecule has 0 atom stereocenters. The van der Waals surface area contributed by atoms with Gasteiger partial charge in [-0.15, -0.1) is 0 Å². The second kappa shape index (κ2) is 8.60. The standard InChI is InChI=1S/C21H20N4O4S/c26-21(19-15-20(29-23-19)18-7-4-9-22-16-18)24-10-12-25(13-11-24)30(27,28)14-8-17-5-2-1-3-6-17/h1-9,14-16H,10-13H2. The highest BCUT2D eigenvalue weighted by Crippen LogP contribution is 2.20. The smallest absolute Gasteiger partial charge is 0.276 e. The first kappa shape index (κ1) is 20.0. The number of pyridine rings is 1. The van der Waals surface area contributed by atoms with Crippen molar-refractivity contribution in [2.75, 3.05) is 26.2 Å². The molecule has 0 radical (unpaired) electrons. The van der Waals surface area contributed by atoms with Gasteiger partial charge in [0.05, 0.1) is 0 Å². The third kappa shape index (κ3) is 4.47. The summed E-state index contributed by atoms with van der Waals surface area (Å²) in [6.45, 7) is 1.01. The van der Waals surface area contributed by atoms with Crippen LogP contribution in [0.2, 0.25) is 0 Å². The van der Waals surface area contributed by atoms with E-state index in [4.69, 9.17) is 4.52 Å². The van der Waals surface area contributed by atoms with E-state index >= 15 is 0 Å². The van der Waals surface area contributed by atoms with Crippen LogP contribution in [0.4, 0.5) is 0 Å². The Labute approximate surface area is 174 Å². The molecule has 9 heteroatoms. The molecule has 1 amide bonds. The fourth-order valence-corrected chi connectivity index (χ4v) is 4.32. The number of hydrogen-bond donors (Lipinski definition) is 0. The first-order chi connectivity index (χ1) is 14.5. The van der Waals surface area contributed by atoms with Crippen LogP contribution in [0.25, 0.3) is 17.4 Å². The van der Waals surface area contributed by atoms with Crippen molar-refractivity contribution in [1.82, 2.24) is 19.3 Å². The molecule has 2 aromatic heterocycles. The van der Waals surface area contributed by atoms with E-state index in [9.17, 15) is 13.2 Å². The molecule has 0 bridgehead atoms. The van der Waals surface area contributed by atoms with E-state index in [1.807, 2.05) is 36.4 Å². The van der Waals surface area contributed by atoms with Crippen LogP contribution in [0.5, 0.6) is 0 Å². The minimum absolute atomic E-state index is 0.189. The Balaban J connectivity index is 1.38. The van der Waals surface area contributed by atoms with Crippen LogP contribution in [0.3, 0.4) is 0 Å². The molecule has 30 heavy (non-hydrogen) atoms. The molecule has 3 heterocycles. The minimum Gasteiger partial charge on any atom is -0.355 e. The van der Waals surface area contributed by atoms with Crippen molar-refractivity contribution in [3.63, 3.8) is 0 Å². The van der Waals surface area contributed by atoms with Gasteiger partial charge in [-0.1, -0.05) is 35.5 Å². The zero-order chi connectivity index (χ0) is 21.0. The SMILES string of the molecule is O=C(c1cc(-c2cccnc2)on1)N1CCN(S(=O)(=O)C=Cc2ccccc2)CC1. The molecule has 0 spiro atoms. The highest BCUT2D eigenvalue weighted by atomic mass is 32.2. The van der Waals surface area contributed by atoms with Crippen molar-refractivity contribution in [1.29, 1.82) is 0 Å². The minimum atomic E-state index is -3.55. The lowest BCUT2D eigenvalue weighted by Crippen LogP contribution is -2.50. The van der Waals surface area contributed by atoms with Gasteiger partial charge in [0.15, 0.2) is 11.5 Å². The normalized spacial score (nSPS) is 15.5. The zero-order valence-electron chi connectivity index (χ0n) is 16.1. The number of benzene rings is 1. The second-order valence-corrected chi connectivity index (χ2v) is 8.59. The van der Waals surface area contributed by atoms with Crippen LogP contribution >= 0.6 is 0 Å². The molecule has 0 saturated carbocycles. The van der Waals surface area contributed by atoms with Gasteiger partial charge >= 0.3 is 0 Å². The van der Waals surface area contributed by atoms with Gasteiger partial charge in [0.1, 0.15) is 0 Å². The van der Waals surface area contributed by atoms with Crippen molar-refractivity contribution in [3.8, 4) is 11.3 Å². The third-order valence-electron chi connectivity index (χ3n) is 4.79. The molecule has 4 rings (SSSR count). The van der Waals surface area contributed by atoms with Gasteiger partial charge in [0.2, 0.25) is 10.0 Å². The predicted molar refractivity (Wildman–Crippen MR) is 112 cm³/mol. The number of sulfonamides is 1. The van der Waals surface area contributed by atoms with Gasteiger partial charge in [0, 0.05) is 55.6 Å². The summed E-state index contributed by atoms with van der Waals surface area (Å²) in [7, 11) is -3.55. The summed E-state index contributed by atoms with van der Waals surface area (Å²) in [5.41, 5.74) is 1.73.